The molecule has 4 N–H and O–H groups in total. The van der Waals surface area contributed by atoms with Gasteiger partial charge in [-0.2, -0.15) is 0 Å². The Bertz CT molecular complexity index is 876. The molecule has 0 bridgehead atoms. The predicted octanol–water partition coefficient (Wildman–Crippen LogP) is 2.62. The van der Waals surface area contributed by atoms with Crippen LogP contribution in [0.3, 0.4) is 0 Å². The lowest BCUT2D eigenvalue weighted by Crippen LogP contribution is -2.05. The first-order valence-corrected chi connectivity index (χ1v) is 7.06. The van der Waals surface area contributed by atoms with E-state index in [1.165, 1.54) is 6.92 Å². The molecule has 3 aromatic rings. The Hall–Kier alpha value is -3.22. The van der Waals surface area contributed by atoms with Gasteiger partial charge in [0.2, 0.25) is 5.91 Å². The van der Waals surface area contributed by atoms with E-state index in [1.54, 1.807) is 24.4 Å². The normalized spacial score (nSPS) is 10.5. The number of amides is 1. The van der Waals surface area contributed by atoms with Crippen molar-refractivity contribution >= 4 is 40.0 Å². The highest BCUT2D eigenvalue weighted by Gasteiger charge is 2.05. The number of anilines is 4. The van der Waals surface area contributed by atoms with E-state index in [0.717, 1.165) is 17.1 Å². The van der Waals surface area contributed by atoms with Crippen molar-refractivity contribution in [3.8, 4) is 0 Å². The number of nitrogens with zero attached hydrogens (tertiary/aromatic N) is 3. The Morgan fingerprint density at radius 2 is 1.83 bits per heavy atom. The molecule has 3 rings (SSSR count). The summed E-state index contributed by atoms with van der Waals surface area (Å²) >= 11 is 0. The molecule has 7 heteroatoms. The highest BCUT2D eigenvalue weighted by Crippen LogP contribution is 2.20. The lowest BCUT2D eigenvalue weighted by atomic mass is 10.2. The zero-order valence-electron chi connectivity index (χ0n) is 12.8. The zero-order chi connectivity index (χ0) is 16.4. The molecule has 116 valence electrons. The molecular weight excluding hydrogens is 292 g/mol. The molecule has 0 unspecified atom stereocenters. The van der Waals surface area contributed by atoms with E-state index in [-0.39, 0.29) is 5.91 Å². The molecule has 0 aliphatic heterocycles. The van der Waals surface area contributed by atoms with Crippen LogP contribution in [-0.2, 0) is 4.79 Å². The SMILES string of the molecule is CC(=O)Nc1ccc(Nc2cnc3cc(N)c(C)nc3n2)cc1. The quantitative estimate of drug-likeness (QED) is 0.687. The van der Waals surface area contributed by atoms with E-state index in [1.807, 2.05) is 19.1 Å². The molecule has 7 nitrogen and oxygen atoms in total. The molecule has 0 spiro atoms. The van der Waals surface area contributed by atoms with Crippen molar-refractivity contribution in [3.05, 3.63) is 42.2 Å². The van der Waals surface area contributed by atoms with Gasteiger partial charge < -0.3 is 16.4 Å². The Morgan fingerprint density at radius 1 is 1.13 bits per heavy atom. The van der Waals surface area contributed by atoms with Gasteiger partial charge in [0.25, 0.3) is 0 Å². The first kappa shape index (κ1) is 14.7. The molecule has 2 aromatic heterocycles. The predicted molar refractivity (Wildman–Crippen MR) is 90.5 cm³/mol. The molecule has 23 heavy (non-hydrogen) atoms. The highest BCUT2D eigenvalue weighted by atomic mass is 16.1. The van der Waals surface area contributed by atoms with Gasteiger partial charge in [-0.1, -0.05) is 0 Å². The minimum absolute atomic E-state index is 0.105. The molecule has 0 radical (unpaired) electrons. The number of nitrogen functional groups attached to an aromatic ring is 1. The van der Waals surface area contributed by atoms with E-state index in [4.69, 9.17) is 5.73 Å². The number of pyridine rings is 1. The summed E-state index contributed by atoms with van der Waals surface area (Å²) in [6.07, 6.45) is 1.63. The number of carbonyl (C=O) groups excluding carboxylic acids is 1. The average Bonchev–Trinajstić information content (AvgIpc) is 2.50. The summed E-state index contributed by atoms with van der Waals surface area (Å²) in [5.41, 5.74) is 9.90. The van der Waals surface area contributed by atoms with Crippen molar-refractivity contribution in [3.63, 3.8) is 0 Å². The molecule has 0 aliphatic rings. The van der Waals surface area contributed by atoms with E-state index in [9.17, 15) is 4.79 Å². The maximum absolute atomic E-state index is 11.0. The van der Waals surface area contributed by atoms with E-state index in [0.29, 0.717) is 22.7 Å². The average molecular weight is 308 g/mol. The van der Waals surface area contributed by atoms with Crippen LogP contribution in [-0.4, -0.2) is 20.9 Å². The fourth-order valence-electron chi connectivity index (χ4n) is 2.10. The summed E-state index contributed by atoms with van der Waals surface area (Å²) in [6, 6.07) is 9.07. The second kappa shape index (κ2) is 5.88. The van der Waals surface area contributed by atoms with Gasteiger partial charge in [-0.3, -0.25) is 4.79 Å². The Morgan fingerprint density at radius 3 is 2.52 bits per heavy atom. The Labute approximate surface area is 133 Å². The molecule has 0 aliphatic carbocycles. The third-order valence-electron chi connectivity index (χ3n) is 3.24. The summed E-state index contributed by atoms with van der Waals surface area (Å²) in [5.74, 6) is 0.480. The molecular formula is C16H16N6O. The molecule has 0 atom stereocenters. The number of hydrogen-bond donors (Lipinski definition) is 3. The molecule has 1 aromatic carbocycles. The van der Waals surface area contributed by atoms with Crippen molar-refractivity contribution in [2.24, 2.45) is 0 Å². The maximum atomic E-state index is 11.0. The lowest BCUT2D eigenvalue weighted by Gasteiger charge is -2.08. The minimum atomic E-state index is -0.105. The third-order valence-corrected chi connectivity index (χ3v) is 3.24. The van der Waals surface area contributed by atoms with Gasteiger partial charge in [0.1, 0.15) is 5.52 Å². The van der Waals surface area contributed by atoms with Crippen LogP contribution in [0.4, 0.5) is 22.9 Å². The van der Waals surface area contributed by atoms with Crippen LogP contribution >= 0.6 is 0 Å². The van der Waals surface area contributed by atoms with Crippen molar-refractivity contribution in [2.75, 3.05) is 16.4 Å². The van der Waals surface area contributed by atoms with E-state index in [2.05, 4.69) is 25.6 Å². The number of aromatic nitrogens is 3. The zero-order valence-corrected chi connectivity index (χ0v) is 12.8. The second-order valence-electron chi connectivity index (χ2n) is 5.14. The topological polar surface area (TPSA) is 106 Å². The Balaban J connectivity index is 1.83. The first-order chi connectivity index (χ1) is 11.0. The van der Waals surface area contributed by atoms with Gasteiger partial charge >= 0.3 is 0 Å². The summed E-state index contributed by atoms with van der Waals surface area (Å²) in [5, 5.41) is 5.87. The lowest BCUT2D eigenvalue weighted by molar-refractivity contribution is -0.114. The highest BCUT2D eigenvalue weighted by molar-refractivity contribution is 5.88. The number of aryl methyl sites for hydroxylation is 1. The summed E-state index contributed by atoms with van der Waals surface area (Å²) in [6.45, 7) is 3.30. The largest absolute Gasteiger partial charge is 0.397 e. The van der Waals surface area contributed by atoms with Crippen molar-refractivity contribution in [1.82, 2.24) is 15.0 Å². The molecule has 2 heterocycles. The van der Waals surface area contributed by atoms with Crippen LogP contribution in [0.5, 0.6) is 0 Å². The fraction of sp³-hybridized carbons (Fsp3) is 0.125. The van der Waals surface area contributed by atoms with Crippen LogP contribution in [0.15, 0.2) is 36.5 Å². The van der Waals surface area contributed by atoms with Crippen LogP contribution in [0, 0.1) is 6.92 Å². The minimum Gasteiger partial charge on any atom is -0.397 e. The van der Waals surface area contributed by atoms with E-state index < -0.39 is 0 Å². The summed E-state index contributed by atoms with van der Waals surface area (Å²) in [4.78, 5) is 24.1. The number of rotatable bonds is 3. The number of benzene rings is 1. The molecule has 0 fully saturated rings. The summed E-state index contributed by atoms with van der Waals surface area (Å²) < 4.78 is 0. The van der Waals surface area contributed by atoms with Gasteiger partial charge in [0, 0.05) is 18.3 Å². The molecule has 0 saturated carbocycles. The third kappa shape index (κ3) is 3.34. The maximum Gasteiger partial charge on any atom is 0.221 e. The van der Waals surface area contributed by atoms with Crippen molar-refractivity contribution in [1.29, 1.82) is 0 Å². The first-order valence-electron chi connectivity index (χ1n) is 7.06. The number of hydrogen-bond acceptors (Lipinski definition) is 6. The van der Waals surface area contributed by atoms with Gasteiger partial charge in [0.05, 0.1) is 17.6 Å². The fourth-order valence-corrected chi connectivity index (χ4v) is 2.10. The molecule has 0 saturated heterocycles. The standard InChI is InChI=1S/C16H16N6O/c1-9-13(17)7-14-16(19-9)22-15(8-18-14)21-12-5-3-11(4-6-12)20-10(2)23/h3-8H,17H2,1-2H3,(H,20,23)(H,19,21,22). The Kier molecular flexibility index (Phi) is 3.76. The molecule has 1 amide bonds. The number of nitrogens with two attached hydrogens (primary N) is 1. The number of nitrogens with one attached hydrogen (secondary N) is 2. The van der Waals surface area contributed by atoms with Gasteiger partial charge in [-0.25, -0.2) is 15.0 Å². The van der Waals surface area contributed by atoms with Crippen LogP contribution in [0.2, 0.25) is 0 Å². The smallest absolute Gasteiger partial charge is 0.221 e. The van der Waals surface area contributed by atoms with Gasteiger partial charge in [0.15, 0.2) is 11.5 Å². The summed E-state index contributed by atoms with van der Waals surface area (Å²) in [7, 11) is 0. The van der Waals surface area contributed by atoms with Crippen molar-refractivity contribution < 1.29 is 4.79 Å². The van der Waals surface area contributed by atoms with Crippen LogP contribution in [0.25, 0.3) is 11.2 Å². The second-order valence-corrected chi connectivity index (χ2v) is 5.14. The number of carbonyl (C=O) groups is 1. The van der Waals surface area contributed by atoms with Crippen LogP contribution in [0.1, 0.15) is 12.6 Å². The van der Waals surface area contributed by atoms with Gasteiger partial charge in [-0.05, 0) is 37.3 Å². The van der Waals surface area contributed by atoms with Crippen molar-refractivity contribution in [2.45, 2.75) is 13.8 Å². The number of fused-ring (bicyclic) bond motifs is 1. The van der Waals surface area contributed by atoms with E-state index >= 15 is 0 Å². The van der Waals surface area contributed by atoms with Gasteiger partial charge in [-0.15, -0.1) is 0 Å². The monoisotopic (exact) mass is 308 g/mol. The van der Waals surface area contributed by atoms with Crippen LogP contribution < -0.4 is 16.4 Å².